The predicted octanol–water partition coefficient (Wildman–Crippen LogP) is 4.52. The van der Waals surface area contributed by atoms with Crippen LogP contribution in [-0.4, -0.2) is 12.1 Å². The molecule has 0 aliphatic heterocycles. The van der Waals surface area contributed by atoms with E-state index in [4.69, 9.17) is 25.5 Å². The summed E-state index contributed by atoms with van der Waals surface area (Å²) in [6, 6.07) is 13.7. The number of hydrogen-bond acceptors (Lipinski definition) is 5. The molecule has 1 heterocycles. The highest BCUT2D eigenvalue weighted by Crippen LogP contribution is 2.21. The molecule has 6 heteroatoms. The fraction of sp³-hybridized carbons (Fsp3) is 0.238. The smallest absolute Gasteiger partial charge is 0.347 e. The zero-order valence-electron chi connectivity index (χ0n) is 15.0. The fourth-order valence-electron chi connectivity index (χ4n) is 2.65. The number of fused-ring (bicyclic) bond motifs is 1. The molecular weight excluding hydrogens is 368 g/mol. The largest absolute Gasteiger partial charge is 0.479 e. The monoisotopic (exact) mass is 386 g/mol. The third kappa shape index (κ3) is 4.68. The number of carbonyl (C=O) groups excluding carboxylic acids is 1. The maximum atomic E-state index is 12.2. The lowest BCUT2D eigenvalue weighted by Gasteiger charge is -2.14. The number of ether oxygens (including phenoxy) is 2. The van der Waals surface area contributed by atoms with Crippen LogP contribution in [0.4, 0.5) is 0 Å². The number of hydrogen-bond donors (Lipinski definition) is 0. The molecule has 3 rings (SSSR count). The van der Waals surface area contributed by atoms with Crippen molar-refractivity contribution in [2.45, 2.75) is 33.0 Å². The minimum Gasteiger partial charge on any atom is -0.479 e. The van der Waals surface area contributed by atoms with Gasteiger partial charge in [0.25, 0.3) is 0 Å². The molecule has 0 spiro atoms. The lowest BCUT2D eigenvalue weighted by molar-refractivity contribution is -0.152. The summed E-state index contributed by atoms with van der Waals surface area (Å²) in [6.45, 7) is 3.58. The topological polar surface area (TPSA) is 65.7 Å². The zero-order chi connectivity index (χ0) is 19.4. The summed E-state index contributed by atoms with van der Waals surface area (Å²) in [5.41, 5.74) is 1.66. The van der Waals surface area contributed by atoms with E-state index in [1.807, 2.05) is 25.1 Å². The highest BCUT2D eigenvalue weighted by molar-refractivity contribution is 6.30. The highest BCUT2D eigenvalue weighted by Gasteiger charge is 2.17. The van der Waals surface area contributed by atoms with Crippen molar-refractivity contribution in [3.05, 3.63) is 75.1 Å². The van der Waals surface area contributed by atoms with Crippen LogP contribution in [-0.2, 0) is 22.6 Å². The van der Waals surface area contributed by atoms with E-state index in [0.29, 0.717) is 21.9 Å². The minimum absolute atomic E-state index is 0.0409. The van der Waals surface area contributed by atoms with Gasteiger partial charge in [0, 0.05) is 22.0 Å². The van der Waals surface area contributed by atoms with Gasteiger partial charge in [0.1, 0.15) is 17.9 Å². The Morgan fingerprint density at radius 3 is 2.59 bits per heavy atom. The first-order valence-corrected chi connectivity index (χ1v) is 8.98. The molecule has 1 aromatic heterocycles. The molecule has 0 saturated heterocycles. The van der Waals surface area contributed by atoms with Gasteiger partial charge in [-0.1, -0.05) is 30.7 Å². The molecule has 0 N–H and O–H groups in total. The molecule has 3 aromatic rings. The van der Waals surface area contributed by atoms with Crippen LogP contribution in [0.3, 0.4) is 0 Å². The van der Waals surface area contributed by atoms with Crippen LogP contribution in [0.15, 0.2) is 57.7 Å². The van der Waals surface area contributed by atoms with E-state index in [1.54, 1.807) is 31.2 Å². The molecule has 27 heavy (non-hydrogen) atoms. The Bertz CT molecular complexity index is 1010. The first kappa shape index (κ1) is 19.0. The van der Waals surface area contributed by atoms with Gasteiger partial charge >= 0.3 is 11.6 Å². The van der Waals surface area contributed by atoms with Crippen molar-refractivity contribution in [3.63, 3.8) is 0 Å². The van der Waals surface area contributed by atoms with Crippen LogP contribution in [0.5, 0.6) is 5.75 Å². The van der Waals surface area contributed by atoms with Gasteiger partial charge in [0.2, 0.25) is 0 Å². The Morgan fingerprint density at radius 2 is 1.89 bits per heavy atom. The van der Waals surface area contributed by atoms with Gasteiger partial charge in [-0.25, -0.2) is 9.59 Å². The summed E-state index contributed by atoms with van der Waals surface area (Å²) in [6.07, 6.45) is 0.0301. The average Bonchev–Trinajstić information content (AvgIpc) is 2.66. The SMILES string of the molecule is CCc1ccc2c(COC(=O)[C@H](C)Oc3ccc(Cl)cc3)cc(=O)oc2c1. The lowest BCUT2D eigenvalue weighted by Crippen LogP contribution is -2.26. The Hall–Kier alpha value is -2.79. The number of rotatable bonds is 6. The quantitative estimate of drug-likeness (QED) is 0.460. The molecule has 0 bridgehead atoms. The van der Waals surface area contributed by atoms with Crippen molar-refractivity contribution in [1.29, 1.82) is 0 Å². The third-order valence-corrected chi connectivity index (χ3v) is 4.38. The van der Waals surface area contributed by atoms with Gasteiger partial charge in [-0.2, -0.15) is 0 Å². The minimum atomic E-state index is -0.802. The van der Waals surface area contributed by atoms with Crippen molar-refractivity contribution < 1.29 is 18.7 Å². The van der Waals surface area contributed by atoms with Crippen molar-refractivity contribution in [3.8, 4) is 5.75 Å². The highest BCUT2D eigenvalue weighted by atomic mass is 35.5. The first-order chi connectivity index (χ1) is 13.0. The number of halogens is 1. The summed E-state index contributed by atoms with van der Waals surface area (Å²) in [5, 5.41) is 1.32. The van der Waals surface area contributed by atoms with Crippen LogP contribution in [0.25, 0.3) is 11.0 Å². The second-order valence-corrected chi connectivity index (χ2v) is 6.53. The molecule has 0 aliphatic rings. The molecule has 0 fully saturated rings. The summed E-state index contributed by atoms with van der Waals surface area (Å²) >= 11 is 5.83. The van der Waals surface area contributed by atoms with Crippen LogP contribution >= 0.6 is 11.6 Å². The number of benzene rings is 2. The van der Waals surface area contributed by atoms with Gasteiger partial charge in [-0.15, -0.1) is 0 Å². The van der Waals surface area contributed by atoms with E-state index >= 15 is 0 Å². The maximum absolute atomic E-state index is 12.2. The van der Waals surface area contributed by atoms with E-state index in [-0.39, 0.29) is 6.61 Å². The standard InChI is InChI=1S/C21H19ClO5/c1-3-14-4-9-18-15(11-20(23)27-19(18)10-14)12-25-21(24)13(2)26-17-7-5-16(22)6-8-17/h4-11,13H,3,12H2,1-2H3/t13-/m0/s1. The second-order valence-electron chi connectivity index (χ2n) is 6.10. The first-order valence-electron chi connectivity index (χ1n) is 8.61. The van der Waals surface area contributed by atoms with E-state index in [0.717, 1.165) is 17.4 Å². The van der Waals surface area contributed by atoms with Crippen LogP contribution in [0.2, 0.25) is 5.02 Å². The predicted molar refractivity (Wildman–Crippen MR) is 103 cm³/mol. The molecular formula is C21H19ClO5. The van der Waals surface area contributed by atoms with E-state index in [1.165, 1.54) is 6.07 Å². The van der Waals surface area contributed by atoms with E-state index in [2.05, 4.69) is 0 Å². The number of carbonyl (C=O) groups is 1. The molecule has 0 radical (unpaired) electrons. The van der Waals surface area contributed by atoms with Crippen molar-refractivity contribution in [2.24, 2.45) is 0 Å². The van der Waals surface area contributed by atoms with Gasteiger partial charge in [-0.05, 0) is 49.2 Å². The molecule has 0 amide bonds. The van der Waals surface area contributed by atoms with Crippen molar-refractivity contribution in [1.82, 2.24) is 0 Å². The van der Waals surface area contributed by atoms with Gasteiger partial charge in [-0.3, -0.25) is 0 Å². The van der Waals surface area contributed by atoms with Crippen molar-refractivity contribution >= 4 is 28.5 Å². The fourth-order valence-corrected chi connectivity index (χ4v) is 2.77. The molecule has 5 nitrogen and oxygen atoms in total. The lowest BCUT2D eigenvalue weighted by atomic mass is 10.1. The Balaban J connectivity index is 1.71. The Labute approximate surface area is 161 Å². The molecule has 0 aliphatic carbocycles. The number of aryl methyl sites for hydroxylation is 1. The Kier molecular flexibility index (Phi) is 5.81. The molecule has 1 atom stereocenters. The average molecular weight is 387 g/mol. The maximum Gasteiger partial charge on any atom is 0.347 e. The normalized spacial score (nSPS) is 12.0. The number of esters is 1. The third-order valence-electron chi connectivity index (χ3n) is 4.13. The van der Waals surface area contributed by atoms with Crippen LogP contribution in [0, 0.1) is 0 Å². The second kappa shape index (κ2) is 8.27. The van der Waals surface area contributed by atoms with Crippen LogP contribution < -0.4 is 10.4 Å². The van der Waals surface area contributed by atoms with E-state index in [9.17, 15) is 9.59 Å². The summed E-state index contributed by atoms with van der Waals surface area (Å²) < 4.78 is 16.1. The Morgan fingerprint density at radius 1 is 1.15 bits per heavy atom. The molecule has 2 aromatic carbocycles. The van der Waals surface area contributed by atoms with E-state index < -0.39 is 17.7 Å². The summed E-state index contributed by atoms with van der Waals surface area (Å²) in [5.74, 6) is -0.0155. The summed E-state index contributed by atoms with van der Waals surface area (Å²) in [7, 11) is 0. The van der Waals surface area contributed by atoms with Crippen LogP contribution in [0.1, 0.15) is 25.0 Å². The van der Waals surface area contributed by atoms with Gasteiger partial charge < -0.3 is 13.9 Å². The van der Waals surface area contributed by atoms with Gasteiger partial charge in [0.15, 0.2) is 6.10 Å². The molecule has 0 saturated carbocycles. The van der Waals surface area contributed by atoms with Gasteiger partial charge in [0.05, 0.1) is 0 Å². The van der Waals surface area contributed by atoms with Crippen molar-refractivity contribution in [2.75, 3.05) is 0 Å². The summed E-state index contributed by atoms with van der Waals surface area (Å²) in [4.78, 5) is 24.0. The molecule has 140 valence electrons. The molecule has 0 unspecified atom stereocenters. The zero-order valence-corrected chi connectivity index (χ0v) is 15.8.